The zero-order valence-electron chi connectivity index (χ0n) is 12.1. The minimum Gasteiger partial charge on any atom is -0.0786 e. The van der Waals surface area contributed by atoms with Gasteiger partial charge in [0.05, 0.1) is 4.83 Å². The zero-order valence-corrected chi connectivity index (χ0v) is 13.7. The van der Waals surface area contributed by atoms with Crippen molar-refractivity contribution in [1.82, 2.24) is 0 Å². The number of alkyl halides is 1. The molecule has 0 fully saturated rings. The summed E-state index contributed by atoms with van der Waals surface area (Å²) in [6, 6.07) is 15.4. The van der Waals surface area contributed by atoms with Crippen LogP contribution in [0.3, 0.4) is 0 Å². The molecule has 1 atom stereocenters. The number of aryl methyl sites for hydroxylation is 2. The standard InChI is InChI=1S/C18H21Br/c1-12(2)15-8-10-16(11-9-15)18(19)17-13(3)6-5-7-14(17)4/h5-12,18H,1-4H3. The van der Waals surface area contributed by atoms with Crippen molar-refractivity contribution in [2.45, 2.75) is 38.4 Å². The SMILES string of the molecule is Cc1cccc(C)c1C(Br)c1ccc(C(C)C)cc1. The Kier molecular flexibility index (Phi) is 4.46. The lowest BCUT2D eigenvalue weighted by atomic mass is 9.94. The molecule has 0 N–H and O–H groups in total. The third-order valence-electron chi connectivity index (χ3n) is 3.69. The molecule has 0 aliphatic rings. The van der Waals surface area contributed by atoms with E-state index in [0.717, 1.165) is 0 Å². The molecule has 1 heteroatoms. The van der Waals surface area contributed by atoms with Crippen LogP contribution in [0.5, 0.6) is 0 Å². The largest absolute Gasteiger partial charge is 0.0786 e. The molecule has 100 valence electrons. The fourth-order valence-corrected chi connectivity index (χ4v) is 3.47. The predicted molar refractivity (Wildman–Crippen MR) is 87.2 cm³/mol. The molecule has 2 aromatic carbocycles. The maximum atomic E-state index is 3.86. The molecule has 0 aromatic heterocycles. The lowest BCUT2D eigenvalue weighted by molar-refractivity contribution is 0.865. The molecule has 0 nitrogen and oxygen atoms in total. The first-order valence-corrected chi connectivity index (χ1v) is 7.72. The van der Waals surface area contributed by atoms with E-state index in [1.54, 1.807) is 0 Å². The van der Waals surface area contributed by atoms with Crippen molar-refractivity contribution in [2.24, 2.45) is 0 Å². The van der Waals surface area contributed by atoms with Gasteiger partial charge in [0.15, 0.2) is 0 Å². The Morgan fingerprint density at radius 1 is 0.789 bits per heavy atom. The van der Waals surface area contributed by atoms with E-state index in [1.807, 2.05) is 0 Å². The molecule has 0 saturated heterocycles. The average molecular weight is 317 g/mol. The summed E-state index contributed by atoms with van der Waals surface area (Å²) in [5, 5.41) is 0. The highest BCUT2D eigenvalue weighted by Gasteiger charge is 2.15. The van der Waals surface area contributed by atoms with Crippen molar-refractivity contribution in [3.63, 3.8) is 0 Å². The van der Waals surface area contributed by atoms with Crippen molar-refractivity contribution in [1.29, 1.82) is 0 Å². The lowest BCUT2D eigenvalue weighted by Crippen LogP contribution is -1.99. The zero-order chi connectivity index (χ0) is 14.0. The Labute approximate surface area is 125 Å². The molecule has 0 saturated carbocycles. The van der Waals surface area contributed by atoms with Gasteiger partial charge in [-0.05, 0) is 47.6 Å². The van der Waals surface area contributed by atoms with Gasteiger partial charge in [-0.15, -0.1) is 0 Å². The molecule has 19 heavy (non-hydrogen) atoms. The van der Waals surface area contributed by atoms with Crippen LogP contribution in [0, 0.1) is 13.8 Å². The van der Waals surface area contributed by atoms with Crippen LogP contribution in [0.25, 0.3) is 0 Å². The summed E-state index contributed by atoms with van der Waals surface area (Å²) in [4.78, 5) is 0.273. The number of hydrogen-bond donors (Lipinski definition) is 0. The summed E-state index contributed by atoms with van der Waals surface area (Å²) in [6.07, 6.45) is 0. The summed E-state index contributed by atoms with van der Waals surface area (Å²) >= 11 is 3.86. The van der Waals surface area contributed by atoms with Crippen molar-refractivity contribution in [3.8, 4) is 0 Å². The summed E-state index contributed by atoms with van der Waals surface area (Å²) in [7, 11) is 0. The highest BCUT2D eigenvalue weighted by Crippen LogP contribution is 2.35. The van der Waals surface area contributed by atoms with E-state index >= 15 is 0 Å². The van der Waals surface area contributed by atoms with E-state index < -0.39 is 0 Å². The van der Waals surface area contributed by atoms with E-state index in [4.69, 9.17) is 0 Å². The third-order valence-corrected chi connectivity index (χ3v) is 4.68. The maximum absolute atomic E-state index is 3.86. The van der Waals surface area contributed by atoms with Gasteiger partial charge in [0.25, 0.3) is 0 Å². The van der Waals surface area contributed by atoms with Crippen molar-refractivity contribution >= 4 is 15.9 Å². The number of rotatable bonds is 3. The first-order chi connectivity index (χ1) is 9.00. The Hall–Kier alpha value is -1.08. The van der Waals surface area contributed by atoms with Crippen LogP contribution in [-0.2, 0) is 0 Å². The molecule has 0 spiro atoms. The van der Waals surface area contributed by atoms with Crippen LogP contribution >= 0.6 is 15.9 Å². The van der Waals surface area contributed by atoms with Crippen LogP contribution < -0.4 is 0 Å². The quantitative estimate of drug-likeness (QED) is 0.617. The Balaban J connectivity index is 2.36. The second-order valence-corrected chi connectivity index (χ2v) is 6.41. The van der Waals surface area contributed by atoms with E-state index in [0.29, 0.717) is 5.92 Å². The van der Waals surface area contributed by atoms with E-state index in [-0.39, 0.29) is 4.83 Å². The topological polar surface area (TPSA) is 0 Å². The lowest BCUT2D eigenvalue weighted by Gasteiger charge is -2.17. The molecule has 0 aliphatic heterocycles. The van der Waals surface area contributed by atoms with E-state index in [9.17, 15) is 0 Å². The van der Waals surface area contributed by atoms with Crippen LogP contribution in [-0.4, -0.2) is 0 Å². The monoisotopic (exact) mass is 316 g/mol. The van der Waals surface area contributed by atoms with Gasteiger partial charge in [-0.1, -0.05) is 72.2 Å². The second kappa shape index (κ2) is 5.92. The normalized spacial score (nSPS) is 12.7. The highest BCUT2D eigenvalue weighted by atomic mass is 79.9. The van der Waals surface area contributed by atoms with Gasteiger partial charge in [-0.25, -0.2) is 0 Å². The molecule has 2 rings (SSSR count). The van der Waals surface area contributed by atoms with Crippen LogP contribution in [0.4, 0.5) is 0 Å². The smallest absolute Gasteiger partial charge is 0.0649 e. The minimum absolute atomic E-state index is 0.273. The van der Waals surface area contributed by atoms with Crippen molar-refractivity contribution in [3.05, 3.63) is 70.3 Å². The molecule has 0 radical (unpaired) electrons. The number of halogens is 1. The molecule has 0 bridgehead atoms. The van der Waals surface area contributed by atoms with Crippen LogP contribution in [0.1, 0.15) is 52.4 Å². The first kappa shape index (κ1) is 14.3. The molecule has 2 aromatic rings. The van der Waals surface area contributed by atoms with Crippen LogP contribution in [0.15, 0.2) is 42.5 Å². The molecule has 0 heterocycles. The Morgan fingerprint density at radius 2 is 1.26 bits per heavy atom. The fourth-order valence-electron chi connectivity index (χ4n) is 2.44. The molecule has 0 amide bonds. The van der Waals surface area contributed by atoms with Gasteiger partial charge >= 0.3 is 0 Å². The fraction of sp³-hybridized carbons (Fsp3) is 0.333. The molecular weight excluding hydrogens is 296 g/mol. The molecule has 0 aliphatic carbocycles. The highest BCUT2D eigenvalue weighted by molar-refractivity contribution is 9.09. The minimum atomic E-state index is 0.273. The van der Waals surface area contributed by atoms with E-state index in [1.165, 1.54) is 27.8 Å². The predicted octanol–water partition coefficient (Wildman–Crippen LogP) is 5.91. The van der Waals surface area contributed by atoms with E-state index in [2.05, 4.69) is 86.1 Å². The van der Waals surface area contributed by atoms with Crippen molar-refractivity contribution in [2.75, 3.05) is 0 Å². The second-order valence-electron chi connectivity index (χ2n) is 5.49. The summed E-state index contributed by atoms with van der Waals surface area (Å²) in [6.45, 7) is 8.82. The Morgan fingerprint density at radius 3 is 1.74 bits per heavy atom. The summed E-state index contributed by atoms with van der Waals surface area (Å²) in [5.41, 5.74) is 6.79. The maximum Gasteiger partial charge on any atom is 0.0649 e. The summed E-state index contributed by atoms with van der Waals surface area (Å²) < 4.78 is 0. The van der Waals surface area contributed by atoms with Gasteiger partial charge in [0.2, 0.25) is 0 Å². The van der Waals surface area contributed by atoms with Gasteiger partial charge in [-0.2, -0.15) is 0 Å². The summed E-state index contributed by atoms with van der Waals surface area (Å²) in [5.74, 6) is 0.586. The first-order valence-electron chi connectivity index (χ1n) is 6.80. The van der Waals surface area contributed by atoms with Gasteiger partial charge in [-0.3, -0.25) is 0 Å². The number of benzene rings is 2. The Bertz CT molecular complexity index is 532. The van der Waals surface area contributed by atoms with Gasteiger partial charge in [0.1, 0.15) is 0 Å². The van der Waals surface area contributed by atoms with Gasteiger partial charge < -0.3 is 0 Å². The third kappa shape index (κ3) is 3.09. The van der Waals surface area contributed by atoms with Crippen molar-refractivity contribution < 1.29 is 0 Å². The van der Waals surface area contributed by atoms with Crippen LogP contribution in [0.2, 0.25) is 0 Å². The average Bonchev–Trinajstić information content (AvgIpc) is 2.38. The molecule has 1 unspecified atom stereocenters. The molecular formula is C18H21Br. The van der Waals surface area contributed by atoms with Gasteiger partial charge in [0, 0.05) is 0 Å². The number of hydrogen-bond acceptors (Lipinski definition) is 0.